The molecule has 1 aromatic heterocycles. The van der Waals surface area contributed by atoms with Crippen molar-refractivity contribution in [2.45, 2.75) is 25.8 Å². The van der Waals surface area contributed by atoms with Crippen molar-refractivity contribution in [3.63, 3.8) is 0 Å². The van der Waals surface area contributed by atoms with Crippen LogP contribution in [0.2, 0.25) is 5.02 Å². The van der Waals surface area contributed by atoms with Crippen LogP contribution in [-0.2, 0) is 17.7 Å². The normalized spacial score (nSPS) is 19.3. The molecular formula is C15H17Cl2FN2O. The second kappa shape index (κ2) is 6.51. The molecule has 0 spiro atoms. The van der Waals surface area contributed by atoms with Crippen LogP contribution < -0.4 is 0 Å². The number of ether oxygens (including phenoxy) is 1. The quantitative estimate of drug-likeness (QED) is 0.791. The zero-order chi connectivity index (χ0) is 14.8. The summed E-state index contributed by atoms with van der Waals surface area (Å²) in [5.41, 5.74) is 1.50. The Morgan fingerprint density at radius 1 is 1.43 bits per heavy atom. The molecule has 0 saturated carbocycles. The molecule has 1 saturated heterocycles. The average Bonchev–Trinajstić information content (AvgIpc) is 2.79. The maximum Gasteiger partial charge on any atom is 0.144 e. The number of nitrogens with zero attached hydrogens (tertiary/aromatic N) is 2. The number of rotatable bonds is 4. The number of aryl methyl sites for hydroxylation is 1. The Labute approximate surface area is 133 Å². The molecule has 2 heterocycles. The summed E-state index contributed by atoms with van der Waals surface area (Å²) in [6.45, 7) is 2.41. The molecule has 1 aliphatic heterocycles. The zero-order valence-electron chi connectivity index (χ0n) is 11.6. The van der Waals surface area contributed by atoms with Gasteiger partial charge >= 0.3 is 0 Å². The molecule has 21 heavy (non-hydrogen) atoms. The van der Waals surface area contributed by atoms with E-state index in [1.165, 1.54) is 6.07 Å². The highest BCUT2D eigenvalue weighted by molar-refractivity contribution is 6.31. The molecule has 1 atom stereocenters. The SMILES string of the molecule is Fc1cc2nc(CCCl)n(CC3CCCOC3)c2cc1Cl. The Kier molecular flexibility index (Phi) is 4.67. The summed E-state index contributed by atoms with van der Waals surface area (Å²) in [6, 6.07) is 3.05. The molecule has 2 aromatic rings. The fraction of sp³-hybridized carbons (Fsp3) is 0.533. The van der Waals surface area contributed by atoms with Gasteiger partial charge in [0.25, 0.3) is 0 Å². The molecule has 0 amide bonds. The lowest BCUT2D eigenvalue weighted by atomic mass is 10.0. The van der Waals surface area contributed by atoms with E-state index in [0.29, 0.717) is 23.7 Å². The van der Waals surface area contributed by atoms with Crippen LogP contribution in [-0.4, -0.2) is 28.6 Å². The Morgan fingerprint density at radius 3 is 3.00 bits per heavy atom. The first-order chi connectivity index (χ1) is 10.2. The van der Waals surface area contributed by atoms with Gasteiger partial charge in [-0.3, -0.25) is 0 Å². The van der Waals surface area contributed by atoms with E-state index >= 15 is 0 Å². The van der Waals surface area contributed by atoms with E-state index in [4.69, 9.17) is 27.9 Å². The van der Waals surface area contributed by atoms with Gasteiger partial charge < -0.3 is 9.30 Å². The van der Waals surface area contributed by atoms with Crippen molar-refractivity contribution in [1.29, 1.82) is 0 Å². The van der Waals surface area contributed by atoms with Gasteiger partial charge in [-0.2, -0.15) is 0 Å². The monoisotopic (exact) mass is 330 g/mol. The van der Waals surface area contributed by atoms with Crippen molar-refractivity contribution in [3.05, 3.63) is 28.8 Å². The summed E-state index contributed by atoms with van der Waals surface area (Å²) in [4.78, 5) is 4.51. The van der Waals surface area contributed by atoms with Crippen LogP contribution in [0.1, 0.15) is 18.7 Å². The lowest BCUT2D eigenvalue weighted by molar-refractivity contribution is 0.0485. The fourth-order valence-corrected chi connectivity index (χ4v) is 3.19. The largest absolute Gasteiger partial charge is 0.381 e. The smallest absolute Gasteiger partial charge is 0.144 e. The van der Waals surface area contributed by atoms with Crippen molar-refractivity contribution >= 4 is 34.2 Å². The highest BCUT2D eigenvalue weighted by Crippen LogP contribution is 2.26. The molecule has 1 unspecified atom stereocenters. The molecule has 3 nitrogen and oxygen atoms in total. The number of hydrogen-bond acceptors (Lipinski definition) is 2. The Hall–Kier alpha value is -0.840. The van der Waals surface area contributed by atoms with Crippen LogP contribution in [0, 0.1) is 11.7 Å². The molecule has 0 N–H and O–H groups in total. The minimum Gasteiger partial charge on any atom is -0.381 e. The van der Waals surface area contributed by atoms with Crippen LogP contribution in [0.3, 0.4) is 0 Å². The van der Waals surface area contributed by atoms with Gasteiger partial charge in [0, 0.05) is 37.4 Å². The molecule has 1 aliphatic rings. The van der Waals surface area contributed by atoms with Crippen LogP contribution in [0.15, 0.2) is 12.1 Å². The summed E-state index contributed by atoms with van der Waals surface area (Å²) in [6.07, 6.45) is 2.87. The second-order valence-corrected chi connectivity index (χ2v) is 6.20. The molecule has 0 radical (unpaired) electrons. The number of benzene rings is 1. The van der Waals surface area contributed by atoms with Gasteiger partial charge in [0.05, 0.1) is 22.7 Å². The Balaban J connectivity index is 2.00. The lowest BCUT2D eigenvalue weighted by Gasteiger charge is -2.23. The molecule has 1 fully saturated rings. The van der Waals surface area contributed by atoms with Crippen LogP contribution in [0.25, 0.3) is 11.0 Å². The third-order valence-electron chi connectivity index (χ3n) is 3.88. The van der Waals surface area contributed by atoms with Crippen LogP contribution >= 0.6 is 23.2 Å². The van der Waals surface area contributed by atoms with E-state index in [1.54, 1.807) is 6.07 Å². The molecule has 1 aromatic carbocycles. The highest BCUT2D eigenvalue weighted by Gasteiger charge is 2.19. The van der Waals surface area contributed by atoms with Gasteiger partial charge in [0.1, 0.15) is 11.6 Å². The average molecular weight is 331 g/mol. The van der Waals surface area contributed by atoms with E-state index in [0.717, 1.165) is 43.9 Å². The number of halogens is 3. The first-order valence-electron chi connectivity index (χ1n) is 7.17. The van der Waals surface area contributed by atoms with Crippen molar-refractivity contribution in [2.75, 3.05) is 19.1 Å². The number of alkyl halides is 1. The van der Waals surface area contributed by atoms with Crippen molar-refractivity contribution in [3.8, 4) is 0 Å². The van der Waals surface area contributed by atoms with E-state index in [-0.39, 0.29) is 5.02 Å². The van der Waals surface area contributed by atoms with E-state index in [9.17, 15) is 4.39 Å². The van der Waals surface area contributed by atoms with E-state index in [2.05, 4.69) is 9.55 Å². The van der Waals surface area contributed by atoms with E-state index < -0.39 is 5.82 Å². The minimum absolute atomic E-state index is 0.126. The van der Waals surface area contributed by atoms with Gasteiger partial charge in [-0.15, -0.1) is 11.6 Å². The molecule has 0 aliphatic carbocycles. The summed E-state index contributed by atoms with van der Waals surface area (Å²) < 4.78 is 21.3. The highest BCUT2D eigenvalue weighted by atomic mass is 35.5. The maximum atomic E-state index is 13.6. The maximum absolute atomic E-state index is 13.6. The Morgan fingerprint density at radius 2 is 2.29 bits per heavy atom. The molecule has 0 bridgehead atoms. The van der Waals surface area contributed by atoms with Crippen molar-refractivity contribution < 1.29 is 9.13 Å². The molecule has 114 valence electrons. The summed E-state index contributed by atoms with van der Waals surface area (Å²) >= 11 is 11.8. The zero-order valence-corrected chi connectivity index (χ0v) is 13.1. The first-order valence-corrected chi connectivity index (χ1v) is 8.08. The van der Waals surface area contributed by atoms with Crippen molar-refractivity contribution in [2.24, 2.45) is 5.92 Å². The lowest BCUT2D eigenvalue weighted by Crippen LogP contribution is -2.23. The summed E-state index contributed by atoms with van der Waals surface area (Å²) in [5, 5.41) is 0.126. The van der Waals surface area contributed by atoms with Crippen LogP contribution in [0.4, 0.5) is 4.39 Å². The summed E-state index contributed by atoms with van der Waals surface area (Å²) in [7, 11) is 0. The van der Waals surface area contributed by atoms with Gasteiger partial charge in [0.15, 0.2) is 0 Å². The number of aromatic nitrogens is 2. The number of hydrogen-bond donors (Lipinski definition) is 0. The molecule has 6 heteroatoms. The standard InChI is InChI=1S/C15H17Cl2FN2O/c16-4-3-15-19-13-7-12(18)11(17)6-14(13)20(15)8-10-2-1-5-21-9-10/h6-7,10H,1-5,8-9H2. The topological polar surface area (TPSA) is 27.1 Å². The third kappa shape index (κ3) is 3.17. The van der Waals surface area contributed by atoms with Gasteiger partial charge in [-0.25, -0.2) is 9.37 Å². The fourth-order valence-electron chi connectivity index (χ4n) is 2.86. The molecule has 3 rings (SSSR count). The third-order valence-corrected chi connectivity index (χ3v) is 4.36. The number of fused-ring (bicyclic) bond motifs is 1. The van der Waals surface area contributed by atoms with Crippen LogP contribution in [0.5, 0.6) is 0 Å². The van der Waals surface area contributed by atoms with E-state index in [1.807, 2.05) is 0 Å². The Bertz CT molecular complexity index is 638. The minimum atomic E-state index is -0.438. The van der Waals surface area contributed by atoms with Crippen molar-refractivity contribution in [1.82, 2.24) is 9.55 Å². The summed E-state index contributed by atoms with van der Waals surface area (Å²) in [5.74, 6) is 1.38. The number of imidazole rings is 1. The molecular weight excluding hydrogens is 314 g/mol. The van der Waals surface area contributed by atoms with Gasteiger partial charge in [-0.1, -0.05) is 11.6 Å². The second-order valence-electron chi connectivity index (χ2n) is 5.42. The van der Waals surface area contributed by atoms with Gasteiger partial charge in [0.2, 0.25) is 0 Å². The predicted molar refractivity (Wildman–Crippen MR) is 82.7 cm³/mol. The van der Waals surface area contributed by atoms with Gasteiger partial charge in [-0.05, 0) is 18.9 Å². The predicted octanol–water partition coefficient (Wildman–Crippen LogP) is 4.04. The first kappa shape index (κ1) is 15.1.